The smallest absolute Gasteiger partial charge is 0.223 e. The molecule has 1 aliphatic heterocycles. The molecule has 1 saturated heterocycles. The quantitative estimate of drug-likeness (QED) is 0.878. The number of rotatable bonds is 5. The average Bonchev–Trinajstić information content (AvgIpc) is 2.83. The fourth-order valence-electron chi connectivity index (χ4n) is 2.76. The molecule has 1 aliphatic rings. The molecule has 2 N–H and O–H groups in total. The number of amides is 1. The lowest BCUT2D eigenvalue weighted by atomic mass is 9.99. The van der Waals surface area contributed by atoms with Gasteiger partial charge in [0.05, 0.1) is 5.54 Å². The minimum absolute atomic E-state index is 0.123. The van der Waals surface area contributed by atoms with Gasteiger partial charge in [-0.1, -0.05) is 6.07 Å². The number of likely N-dealkylation sites (tertiary alicyclic amines) is 1. The lowest BCUT2D eigenvalue weighted by molar-refractivity contribution is -0.134. The van der Waals surface area contributed by atoms with Gasteiger partial charge in [0.15, 0.2) is 0 Å². The van der Waals surface area contributed by atoms with Crippen molar-refractivity contribution >= 4 is 5.91 Å². The average molecular weight is 261 g/mol. The van der Waals surface area contributed by atoms with E-state index in [-0.39, 0.29) is 11.4 Å². The van der Waals surface area contributed by atoms with Crippen molar-refractivity contribution in [2.45, 2.75) is 44.6 Å². The number of carbonyl (C=O) groups excluding carboxylic acids is 1. The number of carbonyl (C=O) groups is 1. The van der Waals surface area contributed by atoms with Gasteiger partial charge < -0.3 is 10.6 Å². The molecule has 0 saturated carbocycles. The molecule has 1 amide bonds. The summed E-state index contributed by atoms with van der Waals surface area (Å²) in [5.74, 6) is 0.237. The first kappa shape index (κ1) is 14.0. The Bertz CT molecular complexity index is 421. The fraction of sp³-hybridized carbons (Fsp3) is 0.600. The molecule has 2 rings (SSSR count). The van der Waals surface area contributed by atoms with Crippen LogP contribution in [0.4, 0.5) is 0 Å². The van der Waals surface area contributed by atoms with Gasteiger partial charge in [-0.3, -0.25) is 9.78 Å². The number of aryl methyl sites for hydroxylation is 1. The van der Waals surface area contributed by atoms with Crippen LogP contribution in [0.5, 0.6) is 0 Å². The van der Waals surface area contributed by atoms with Crippen molar-refractivity contribution in [3.8, 4) is 0 Å². The predicted molar refractivity (Wildman–Crippen MR) is 75.6 cm³/mol. The van der Waals surface area contributed by atoms with Crippen LogP contribution in [0.2, 0.25) is 0 Å². The maximum Gasteiger partial charge on any atom is 0.223 e. The molecule has 2 heterocycles. The Hall–Kier alpha value is -1.42. The van der Waals surface area contributed by atoms with Crippen molar-refractivity contribution in [2.75, 3.05) is 13.1 Å². The van der Waals surface area contributed by atoms with Gasteiger partial charge in [-0.2, -0.15) is 0 Å². The van der Waals surface area contributed by atoms with E-state index in [0.29, 0.717) is 13.0 Å². The number of pyridine rings is 1. The summed E-state index contributed by atoms with van der Waals surface area (Å²) in [5.41, 5.74) is 6.74. The summed E-state index contributed by atoms with van der Waals surface area (Å²) in [6.45, 7) is 3.51. The van der Waals surface area contributed by atoms with E-state index in [2.05, 4.69) is 11.9 Å². The summed E-state index contributed by atoms with van der Waals surface area (Å²) in [7, 11) is 0. The second-order valence-electron chi connectivity index (χ2n) is 5.52. The molecule has 1 aromatic rings. The Kier molecular flexibility index (Phi) is 4.53. The summed E-state index contributed by atoms with van der Waals surface area (Å²) in [4.78, 5) is 18.5. The number of hydrogen-bond donors (Lipinski definition) is 1. The molecule has 0 aromatic carbocycles. The first-order valence-electron chi connectivity index (χ1n) is 7.06. The third-order valence-corrected chi connectivity index (χ3v) is 4.04. The first-order chi connectivity index (χ1) is 9.15. The molecule has 4 nitrogen and oxygen atoms in total. The summed E-state index contributed by atoms with van der Waals surface area (Å²) in [5, 5.41) is 0. The topological polar surface area (TPSA) is 59.2 Å². The Balaban J connectivity index is 1.82. The minimum atomic E-state index is -0.123. The molecular weight excluding hydrogens is 238 g/mol. The van der Waals surface area contributed by atoms with Gasteiger partial charge in [-0.25, -0.2) is 0 Å². The summed E-state index contributed by atoms with van der Waals surface area (Å²) < 4.78 is 0. The number of nitrogens with two attached hydrogens (primary N) is 1. The molecule has 0 bridgehead atoms. The second kappa shape index (κ2) is 6.15. The highest BCUT2D eigenvalue weighted by molar-refractivity contribution is 5.77. The van der Waals surface area contributed by atoms with Crippen LogP contribution in [0, 0.1) is 0 Å². The SMILES string of the molecule is CC1(CN)CCCN1C(=O)CCCc1ccccn1. The predicted octanol–water partition coefficient (Wildman–Crippen LogP) is 1.74. The Labute approximate surface area is 115 Å². The largest absolute Gasteiger partial charge is 0.336 e. The number of hydrogen-bond acceptors (Lipinski definition) is 3. The first-order valence-corrected chi connectivity index (χ1v) is 7.06. The van der Waals surface area contributed by atoms with Gasteiger partial charge in [0.25, 0.3) is 0 Å². The standard InChI is InChI=1S/C15H23N3O/c1-15(12-16)9-5-11-18(15)14(19)8-4-7-13-6-2-3-10-17-13/h2-3,6,10H,4-5,7-9,11-12,16H2,1H3. The van der Waals surface area contributed by atoms with Gasteiger partial charge in [0, 0.05) is 31.4 Å². The summed E-state index contributed by atoms with van der Waals surface area (Å²) in [6, 6.07) is 5.89. The van der Waals surface area contributed by atoms with Gasteiger partial charge in [0.2, 0.25) is 5.91 Å². The molecule has 1 fully saturated rings. The summed E-state index contributed by atoms with van der Waals surface area (Å²) >= 11 is 0. The van der Waals surface area contributed by atoms with Crippen LogP contribution in [0.3, 0.4) is 0 Å². The Morgan fingerprint density at radius 2 is 2.37 bits per heavy atom. The van der Waals surface area contributed by atoms with Crippen LogP contribution in [-0.4, -0.2) is 34.4 Å². The van der Waals surface area contributed by atoms with Crippen molar-refractivity contribution in [1.29, 1.82) is 0 Å². The van der Waals surface area contributed by atoms with Crippen molar-refractivity contribution < 1.29 is 4.79 Å². The highest BCUT2D eigenvalue weighted by Crippen LogP contribution is 2.28. The molecule has 1 unspecified atom stereocenters. The van der Waals surface area contributed by atoms with E-state index in [1.165, 1.54) is 0 Å². The van der Waals surface area contributed by atoms with Gasteiger partial charge in [-0.15, -0.1) is 0 Å². The minimum Gasteiger partial charge on any atom is -0.336 e. The molecule has 1 atom stereocenters. The van der Waals surface area contributed by atoms with Gasteiger partial charge in [-0.05, 0) is 44.7 Å². The Morgan fingerprint density at radius 3 is 3.05 bits per heavy atom. The highest BCUT2D eigenvalue weighted by atomic mass is 16.2. The normalized spacial score (nSPS) is 22.7. The van der Waals surface area contributed by atoms with Crippen molar-refractivity contribution in [1.82, 2.24) is 9.88 Å². The lowest BCUT2D eigenvalue weighted by Gasteiger charge is -2.34. The molecule has 0 radical (unpaired) electrons. The van der Waals surface area contributed by atoms with E-state index in [9.17, 15) is 4.79 Å². The van der Waals surface area contributed by atoms with Crippen LogP contribution in [0.25, 0.3) is 0 Å². The third-order valence-electron chi connectivity index (χ3n) is 4.04. The number of aromatic nitrogens is 1. The zero-order valence-corrected chi connectivity index (χ0v) is 11.6. The fourth-order valence-corrected chi connectivity index (χ4v) is 2.76. The van der Waals surface area contributed by atoms with Gasteiger partial charge >= 0.3 is 0 Å². The van der Waals surface area contributed by atoms with Crippen LogP contribution in [0.15, 0.2) is 24.4 Å². The van der Waals surface area contributed by atoms with Crippen LogP contribution < -0.4 is 5.73 Å². The maximum atomic E-state index is 12.3. The zero-order chi connectivity index (χ0) is 13.7. The lowest BCUT2D eigenvalue weighted by Crippen LogP contribution is -2.49. The van der Waals surface area contributed by atoms with Gasteiger partial charge in [0.1, 0.15) is 0 Å². The monoisotopic (exact) mass is 261 g/mol. The van der Waals surface area contributed by atoms with E-state index in [0.717, 1.165) is 37.9 Å². The second-order valence-corrected chi connectivity index (χ2v) is 5.52. The summed E-state index contributed by atoms with van der Waals surface area (Å²) in [6.07, 6.45) is 6.19. The number of nitrogens with zero attached hydrogens (tertiary/aromatic N) is 2. The molecule has 104 valence electrons. The van der Waals surface area contributed by atoms with E-state index in [1.807, 2.05) is 23.1 Å². The highest BCUT2D eigenvalue weighted by Gasteiger charge is 2.37. The molecule has 1 aromatic heterocycles. The van der Waals surface area contributed by atoms with Crippen LogP contribution >= 0.6 is 0 Å². The molecule has 4 heteroatoms. The molecular formula is C15H23N3O. The third kappa shape index (κ3) is 3.32. The van der Waals surface area contributed by atoms with Crippen molar-refractivity contribution in [3.63, 3.8) is 0 Å². The molecule has 0 aliphatic carbocycles. The maximum absolute atomic E-state index is 12.3. The van der Waals surface area contributed by atoms with E-state index < -0.39 is 0 Å². The molecule has 0 spiro atoms. The van der Waals surface area contributed by atoms with Crippen LogP contribution in [0.1, 0.15) is 38.3 Å². The van der Waals surface area contributed by atoms with E-state index in [1.54, 1.807) is 6.20 Å². The molecule has 19 heavy (non-hydrogen) atoms. The van der Waals surface area contributed by atoms with Crippen LogP contribution in [-0.2, 0) is 11.2 Å². The zero-order valence-electron chi connectivity index (χ0n) is 11.6. The van der Waals surface area contributed by atoms with E-state index >= 15 is 0 Å². The Morgan fingerprint density at radius 1 is 1.53 bits per heavy atom. The van der Waals surface area contributed by atoms with Crippen molar-refractivity contribution in [2.24, 2.45) is 5.73 Å². The van der Waals surface area contributed by atoms with Crippen molar-refractivity contribution in [3.05, 3.63) is 30.1 Å². The van der Waals surface area contributed by atoms with E-state index in [4.69, 9.17) is 5.73 Å².